The summed E-state index contributed by atoms with van der Waals surface area (Å²) in [5.74, 6) is 0.819. The van der Waals surface area contributed by atoms with Gasteiger partial charge in [-0.05, 0) is 29.8 Å². The molecule has 0 heterocycles. The predicted molar refractivity (Wildman–Crippen MR) is 62.3 cm³/mol. The average molecular weight is 218 g/mol. The first-order valence-electron chi connectivity index (χ1n) is 4.61. The Kier molecular flexibility index (Phi) is 2.93. The molecule has 0 saturated carbocycles. The fourth-order valence-corrected chi connectivity index (χ4v) is 1.58. The van der Waals surface area contributed by atoms with Gasteiger partial charge in [-0.2, -0.15) is 0 Å². The SMILES string of the molecule is COc1c[c]ccc1-c1ccc(Cl)cc1. The molecule has 2 rings (SSSR count). The van der Waals surface area contributed by atoms with Crippen molar-refractivity contribution in [1.82, 2.24) is 0 Å². The van der Waals surface area contributed by atoms with Gasteiger partial charge >= 0.3 is 0 Å². The van der Waals surface area contributed by atoms with E-state index in [1.807, 2.05) is 42.5 Å². The molecule has 0 saturated heterocycles. The van der Waals surface area contributed by atoms with Crippen molar-refractivity contribution in [3.8, 4) is 16.9 Å². The molecule has 1 nitrogen and oxygen atoms in total. The molecular weight excluding hydrogens is 208 g/mol. The molecule has 2 aromatic carbocycles. The first-order valence-corrected chi connectivity index (χ1v) is 4.99. The van der Waals surface area contributed by atoms with E-state index in [9.17, 15) is 0 Å². The van der Waals surface area contributed by atoms with Crippen molar-refractivity contribution in [2.75, 3.05) is 7.11 Å². The zero-order chi connectivity index (χ0) is 10.7. The Morgan fingerprint density at radius 2 is 1.87 bits per heavy atom. The minimum Gasteiger partial charge on any atom is -0.496 e. The van der Waals surface area contributed by atoms with Crippen LogP contribution in [-0.4, -0.2) is 7.11 Å². The third kappa shape index (κ3) is 2.13. The van der Waals surface area contributed by atoms with Crippen LogP contribution < -0.4 is 4.74 Å². The lowest BCUT2D eigenvalue weighted by Gasteiger charge is -2.07. The second-order valence-electron chi connectivity index (χ2n) is 3.13. The van der Waals surface area contributed by atoms with E-state index >= 15 is 0 Å². The molecule has 0 bridgehead atoms. The fourth-order valence-electron chi connectivity index (χ4n) is 1.45. The third-order valence-corrected chi connectivity index (χ3v) is 2.45. The molecule has 0 unspecified atom stereocenters. The van der Waals surface area contributed by atoms with Gasteiger partial charge in [0.2, 0.25) is 0 Å². The number of halogens is 1. The van der Waals surface area contributed by atoms with Gasteiger partial charge in [-0.15, -0.1) is 0 Å². The standard InChI is InChI=1S/C13H10ClO/c1-15-13-5-3-2-4-12(13)10-6-8-11(14)9-7-10/h2,4-9H,1H3. The summed E-state index contributed by atoms with van der Waals surface area (Å²) in [6.45, 7) is 0. The maximum absolute atomic E-state index is 5.84. The Morgan fingerprint density at radius 1 is 1.13 bits per heavy atom. The van der Waals surface area contributed by atoms with Crippen LogP contribution in [0, 0.1) is 6.07 Å². The minimum absolute atomic E-state index is 0.736. The maximum Gasteiger partial charge on any atom is 0.127 e. The highest BCUT2D eigenvalue weighted by atomic mass is 35.5. The van der Waals surface area contributed by atoms with E-state index in [-0.39, 0.29) is 0 Å². The fraction of sp³-hybridized carbons (Fsp3) is 0.0769. The monoisotopic (exact) mass is 217 g/mol. The van der Waals surface area contributed by atoms with Gasteiger partial charge in [-0.25, -0.2) is 0 Å². The molecule has 0 N–H and O–H groups in total. The number of methoxy groups -OCH3 is 1. The van der Waals surface area contributed by atoms with E-state index in [0.717, 1.165) is 21.9 Å². The molecule has 15 heavy (non-hydrogen) atoms. The number of ether oxygens (including phenoxy) is 1. The van der Waals surface area contributed by atoms with Crippen LogP contribution in [0.25, 0.3) is 11.1 Å². The number of rotatable bonds is 2. The lowest BCUT2D eigenvalue weighted by Crippen LogP contribution is -1.86. The van der Waals surface area contributed by atoms with Gasteiger partial charge in [0, 0.05) is 10.6 Å². The van der Waals surface area contributed by atoms with Crippen molar-refractivity contribution in [3.63, 3.8) is 0 Å². The van der Waals surface area contributed by atoms with E-state index < -0.39 is 0 Å². The summed E-state index contributed by atoms with van der Waals surface area (Å²) in [5, 5.41) is 0.736. The molecule has 2 aromatic rings. The largest absolute Gasteiger partial charge is 0.496 e. The highest BCUT2D eigenvalue weighted by Gasteiger charge is 2.03. The lowest BCUT2D eigenvalue weighted by molar-refractivity contribution is 0.416. The highest BCUT2D eigenvalue weighted by molar-refractivity contribution is 6.30. The van der Waals surface area contributed by atoms with Gasteiger partial charge in [0.15, 0.2) is 0 Å². The topological polar surface area (TPSA) is 9.23 Å². The van der Waals surface area contributed by atoms with E-state index in [1.54, 1.807) is 7.11 Å². The summed E-state index contributed by atoms with van der Waals surface area (Å²) in [5.41, 5.74) is 2.14. The van der Waals surface area contributed by atoms with Gasteiger partial charge in [0.05, 0.1) is 7.11 Å². The zero-order valence-corrected chi connectivity index (χ0v) is 9.08. The minimum atomic E-state index is 0.736. The second-order valence-corrected chi connectivity index (χ2v) is 3.57. The summed E-state index contributed by atoms with van der Waals surface area (Å²) >= 11 is 5.84. The average Bonchev–Trinajstić information content (AvgIpc) is 2.30. The Balaban J connectivity index is 2.49. The highest BCUT2D eigenvalue weighted by Crippen LogP contribution is 2.29. The first-order chi connectivity index (χ1) is 7.31. The van der Waals surface area contributed by atoms with E-state index in [4.69, 9.17) is 16.3 Å². The van der Waals surface area contributed by atoms with Crippen LogP contribution in [0.2, 0.25) is 5.02 Å². The first kappa shape index (κ1) is 10.1. The quantitative estimate of drug-likeness (QED) is 0.743. The van der Waals surface area contributed by atoms with Gasteiger partial charge in [0.1, 0.15) is 5.75 Å². The molecule has 0 aliphatic heterocycles. The third-order valence-electron chi connectivity index (χ3n) is 2.20. The Morgan fingerprint density at radius 3 is 2.53 bits per heavy atom. The van der Waals surface area contributed by atoms with E-state index in [0.29, 0.717) is 0 Å². The molecule has 0 aliphatic carbocycles. The van der Waals surface area contributed by atoms with Crippen LogP contribution in [0.5, 0.6) is 5.75 Å². The molecule has 0 atom stereocenters. The molecular formula is C13H10ClO. The van der Waals surface area contributed by atoms with Gasteiger partial charge in [0.25, 0.3) is 0 Å². The van der Waals surface area contributed by atoms with Crippen molar-refractivity contribution in [2.24, 2.45) is 0 Å². The van der Waals surface area contributed by atoms with Crippen LogP contribution in [0.3, 0.4) is 0 Å². The van der Waals surface area contributed by atoms with Gasteiger partial charge in [-0.3, -0.25) is 0 Å². The summed E-state index contributed by atoms with van der Waals surface area (Å²) in [6.07, 6.45) is 0. The van der Waals surface area contributed by atoms with Crippen molar-refractivity contribution < 1.29 is 4.74 Å². The summed E-state index contributed by atoms with van der Waals surface area (Å²) in [6, 6.07) is 16.3. The summed E-state index contributed by atoms with van der Waals surface area (Å²) in [4.78, 5) is 0. The van der Waals surface area contributed by atoms with Crippen molar-refractivity contribution in [2.45, 2.75) is 0 Å². The molecule has 2 heteroatoms. The Hall–Kier alpha value is -1.47. The van der Waals surface area contributed by atoms with Crippen LogP contribution in [0.4, 0.5) is 0 Å². The number of benzene rings is 2. The van der Waals surface area contributed by atoms with Gasteiger partial charge < -0.3 is 4.74 Å². The maximum atomic E-state index is 5.84. The Bertz CT molecular complexity index is 448. The smallest absolute Gasteiger partial charge is 0.127 e. The molecule has 0 fully saturated rings. The predicted octanol–water partition coefficient (Wildman–Crippen LogP) is 3.82. The lowest BCUT2D eigenvalue weighted by atomic mass is 10.1. The zero-order valence-electron chi connectivity index (χ0n) is 8.33. The molecule has 0 aliphatic rings. The van der Waals surface area contributed by atoms with Crippen molar-refractivity contribution in [3.05, 3.63) is 53.6 Å². The van der Waals surface area contributed by atoms with Crippen LogP contribution in [-0.2, 0) is 0 Å². The second kappa shape index (κ2) is 4.37. The van der Waals surface area contributed by atoms with Crippen LogP contribution >= 0.6 is 11.6 Å². The molecule has 0 aromatic heterocycles. The molecule has 75 valence electrons. The van der Waals surface area contributed by atoms with Gasteiger partial charge in [-0.1, -0.05) is 35.9 Å². The van der Waals surface area contributed by atoms with E-state index in [1.165, 1.54) is 0 Å². The summed E-state index contributed by atoms with van der Waals surface area (Å²) in [7, 11) is 1.66. The van der Waals surface area contributed by atoms with Crippen molar-refractivity contribution in [1.29, 1.82) is 0 Å². The van der Waals surface area contributed by atoms with E-state index in [2.05, 4.69) is 6.07 Å². The number of hydrogen-bond acceptors (Lipinski definition) is 1. The molecule has 0 spiro atoms. The molecule has 0 amide bonds. The normalized spacial score (nSPS) is 10.0. The molecule has 1 radical (unpaired) electrons. The number of hydrogen-bond donors (Lipinski definition) is 0. The Labute approximate surface area is 94.3 Å². The van der Waals surface area contributed by atoms with Crippen LogP contribution in [0.1, 0.15) is 0 Å². The van der Waals surface area contributed by atoms with Crippen molar-refractivity contribution >= 4 is 11.6 Å². The van der Waals surface area contributed by atoms with Crippen LogP contribution in [0.15, 0.2) is 42.5 Å². The summed E-state index contributed by atoms with van der Waals surface area (Å²) < 4.78 is 5.27.